The highest BCUT2D eigenvalue weighted by atomic mass is 16.3. The van der Waals surface area contributed by atoms with E-state index in [1.54, 1.807) is 0 Å². The molecule has 3 fully saturated rings. The minimum absolute atomic E-state index is 0.0684. The Bertz CT molecular complexity index is 824. The van der Waals surface area contributed by atoms with Crippen LogP contribution in [0.25, 0.3) is 0 Å². The van der Waals surface area contributed by atoms with Crippen molar-refractivity contribution in [1.29, 1.82) is 0 Å². The molecule has 0 aromatic heterocycles. The predicted octanol–water partition coefficient (Wildman–Crippen LogP) is 5.25. The first-order chi connectivity index (χ1) is 15.9. The van der Waals surface area contributed by atoms with E-state index in [-0.39, 0.29) is 47.1 Å². The highest BCUT2D eigenvalue weighted by molar-refractivity contribution is 5.31. The number of aliphatic hydroxyl groups is 4. The average Bonchev–Trinajstić information content (AvgIpc) is 3.05. The topological polar surface area (TPSA) is 80.9 Å². The maximum atomic E-state index is 11.9. The molecule has 0 saturated heterocycles. The summed E-state index contributed by atoms with van der Waals surface area (Å²) in [5.41, 5.74) is 2.07. The number of hydrogen-bond acceptors (Lipinski definition) is 4. The van der Waals surface area contributed by atoms with Gasteiger partial charge in [0.2, 0.25) is 0 Å². The second-order valence-electron chi connectivity index (χ2n) is 13.6. The summed E-state index contributed by atoms with van der Waals surface area (Å²) in [4.78, 5) is 0. The summed E-state index contributed by atoms with van der Waals surface area (Å²) in [6.45, 7) is 14.0. The summed E-state index contributed by atoms with van der Waals surface area (Å²) in [6, 6.07) is 0. The van der Waals surface area contributed by atoms with Crippen LogP contribution < -0.4 is 0 Å². The molecule has 0 aromatic carbocycles. The molecule has 0 heterocycles. The van der Waals surface area contributed by atoms with Gasteiger partial charge in [0.05, 0.1) is 25.4 Å². The Morgan fingerprint density at radius 3 is 2.32 bits per heavy atom. The van der Waals surface area contributed by atoms with Gasteiger partial charge in [0.15, 0.2) is 0 Å². The molecule has 9 atom stereocenters. The van der Waals surface area contributed by atoms with Gasteiger partial charge in [-0.1, -0.05) is 59.3 Å². The lowest BCUT2D eigenvalue weighted by Crippen LogP contribution is -2.64. The first-order valence-electron chi connectivity index (χ1n) is 13.8. The second kappa shape index (κ2) is 9.01. The lowest BCUT2D eigenvalue weighted by atomic mass is 9.38. The number of aliphatic hydroxyl groups excluding tert-OH is 4. The van der Waals surface area contributed by atoms with Crippen molar-refractivity contribution in [2.24, 2.45) is 45.3 Å². The summed E-state index contributed by atoms with van der Waals surface area (Å²) in [6.07, 6.45) is 11.9. The first-order valence-corrected chi connectivity index (χ1v) is 13.8. The van der Waals surface area contributed by atoms with Crippen LogP contribution in [-0.4, -0.2) is 45.8 Å². The largest absolute Gasteiger partial charge is 0.393 e. The average molecular weight is 475 g/mol. The lowest BCUT2D eigenvalue weighted by molar-refractivity contribution is -0.204. The van der Waals surface area contributed by atoms with Gasteiger partial charge in [0.25, 0.3) is 0 Å². The summed E-state index contributed by atoms with van der Waals surface area (Å²) in [5.74, 6) is 1.93. The zero-order chi connectivity index (χ0) is 25.1. The zero-order valence-corrected chi connectivity index (χ0v) is 22.5. The Labute approximate surface area is 207 Å². The van der Waals surface area contributed by atoms with Crippen LogP contribution in [0.5, 0.6) is 0 Å². The number of rotatable bonds is 6. The minimum Gasteiger partial charge on any atom is -0.393 e. The quantitative estimate of drug-likeness (QED) is 0.396. The molecular weight excluding hydrogens is 424 g/mol. The van der Waals surface area contributed by atoms with Crippen molar-refractivity contribution in [1.82, 2.24) is 0 Å². The maximum absolute atomic E-state index is 11.9. The van der Waals surface area contributed by atoms with Crippen LogP contribution in [0.15, 0.2) is 23.3 Å². The van der Waals surface area contributed by atoms with Gasteiger partial charge in [-0.25, -0.2) is 0 Å². The maximum Gasteiger partial charge on any atom is 0.0663 e. The van der Waals surface area contributed by atoms with Crippen molar-refractivity contribution in [3.8, 4) is 0 Å². The van der Waals surface area contributed by atoms with E-state index in [9.17, 15) is 20.4 Å². The van der Waals surface area contributed by atoms with Gasteiger partial charge < -0.3 is 20.4 Å². The molecule has 0 radical (unpaired) electrons. The molecule has 4 unspecified atom stereocenters. The molecule has 34 heavy (non-hydrogen) atoms. The smallest absolute Gasteiger partial charge is 0.0663 e. The molecule has 4 N–H and O–H groups in total. The van der Waals surface area contributed by atoms with Crippen molar-refractivity contribution in [2.75, 3.05) is 13.2 Å². The van der Waals surface area contributed by atoms with Crippen LogP contribution in [0.4, 0.5) is 0 Å². The van der Waals surface area contributed by atoms with Crippen LogP contribution >= 0.6 is 0 Å². The SMILES string of the molecule is CC(CCC=C(CO)CO)C1CC[C@@]2(C)[C@@H]3CC=C4[C@@H](CCC(O)C4(C)C)[C@]3(C)C(O)C[C@]12C. The normalized spacial score (nSPS) is 46.1. The van der Waals surface area contributed by atoms with Crippen molar-refractivity contribution in [3.63, 3.8) is 0 Å². The third-order valence-corrected chi connectivity index (χ3v) is 12.1. The molecule has 4 aliphatic carbocycles. The lowest BCUT2D eigenvalue weighted by Gasteiger charge is -2.67. The Morgan fingerprint density at radius 2 is 1.68 bits per heavy atom. The van der Waals surface area contributed by atoms with Gasteiger partial charge in [-0.2, -0.15) is 0 Å². The summed E-state index contributed by atoms with van der Waals surface area (Å²) in [5, 5.41) is 41.4. The predicted molar refractivity (Wildman–Crippen MR) is 137 cm³/mol. The summed E-state index contributed by atoms with van der Waals surface area (Å²) < 4.78 is 0. The number of hydrogen-bond donors (Lipinski definition) is 4. The van der Waals surface area contributed by atoms with E-state index >= 15 is 0 Å². The third kappa shape index (κ3) is 3.61. The second-order valence-corrected chi connectivity index (χ2v) is 13.6. The molecule has 194 valence electrons. The van der Waals surface area contributed by atoms with Crippen molar-refractivity contribution in [2.45, 2.75) is 105 Å². The van der Waals surface area contributed by atoms with Crippen LogP contribution in [-0.2, 0) is 0 Å². The Balaban J connectivity index is 1.62. The fourth-order valence-corrected chi connectivity index (χ4v) is 9.59. The molecule has 0 bridgehead atoms. The molecule has 3 saturated carbocycles. The fraction of sp³-hybridized carbons (Fsp3) is 0.867. The molecule has 0 amide bonds. The van der Waals surface area contributed by atoms with Crippen LogP contribution in [0, 0.1) is 45.3 Å². The standard InChI is InChI=1S/C30H50O4/c1-19(8-7-9-20(17-31)18-32)21-14-15-28(4)24-12-10-22-23(11-13-25(33)27(22,2)3)30(24,6)26(34)16-29(21,28)5/h9-10,19,21,23-26,31-34H,7-8,11-18H2,1-6H3/t19?,21?,23-,24+,25?,26?,28+,29-,30+/m1/s1. The summed E-state index contributed by atoms with van der Waals surface area (Å²) >= 11 is 0. The van der Waals surface area contributed by atoms with Crippen molar-refractivity contribution < 1.29 is 20.4 Å². The van der Waals surface area contributed by atoms with Gasteiger partial charge in [0, 0.05) is 10.8 Å². The first kappa shape index (κ1) is 26.4. The van der Waals surface area contributed by atoms with Crippen LogP contribution in [0.2, 0.25) is 0 Å². The molecule has 4 heteroatoms. The van der Waals surface area contributed by atoms with Crippen LogP contribution in [0.3, 0.4) is 0 Å². The highest BCUT2D eigenvalue weighted by Crippen LogP contribution is 2.74. The van der Waals surface area contributed by atoms with Crippen molar-refractivity contribution in [3.05, 3.63) is 23.3 Å². The highest BCUT2D eigenvalue weighted by Gasteiger charge is 2.70. The molecule has 4 nitrogen and oxygen atoms in total. The zero-order valence-electron chi connectivity index (χ0n) is 22.5. The van der Waals surface area contributed by atoms with E-state index in [1.165, 1.54) is 18.4 Å². The molecule has 0 spiro atoms. The third-order valence-electron chi connectivity index (χ3n) is 12.1. The molecule has 0 aliphatic heterocycles. The van der Waals surface area contributed by atoms with Gasteiger partial charge in [-0.05, 0) is 91.4 Å². The summed E-state index contributed by atoms with van der Waals surface area (Å²) in [7, 11) is 0. The van der Waals surface area contributed by atoms with E-state index in [4.69, 9.17) is 0 Å². The van der Waals surface area contributed by atoms with E-state index in [0.29, 0.717) is 29.2 Å². The van der Waals surface area contributed by atoms with E-state index < -0.39 is 0 Å². The molecule has 0 aromatic rings. The van der Waals surface area contributed by atoms with Crippen LogP contribution in [0.1, 0.15) is 92.9 Å². The monoisotopic (exact) mass is 474 g/mol. The van der Waals surface area contributed by atoms with Gasteiger partial charge in [-0.15, -0.1) is 0 Å². The minimum atomic E-state index is -0.321. The van der Waals surface area contributed by atoms with Gasteiger partial charge in [0.1, 0.15) is 0 Å². The Morgan fingerprint density at radius 1 is 1.00 bits per heavy atom. The Hall–Kier alpha value is -0.680. The van der Waals surface area contributed by atoms with E-state index in [1.807, 2.05) is 6.08 Å². The van der Waals surface area contributed by atoms with Gasteiger partial charge in [-0.3, -0.25) is 0 Å². The van der Waals surface area contributed by atoms with E-state index in [0.717, 1.165) is 38.5 Å². The molecule has 4 rings (SSSR count). The molecule has 4 aliphatic rings. The number of fused-ring (bicyclic) bond motifs is 5. The fourth-order valence-electron chi connectivity index (χ4n) is 9.59. The number of allylic oxidation sites excluding steroid dienone is 2. The molecular formula is C30H50O4. The van der Waals surface area contributed by atoms with Gasteiger partial charge >= 0.3 is 0 Å². The Kier molecular flexibility index (Phi) is 6.99. The van der Waals surface area contributed by atoms with Crippen molar-refractivity contribution >= 4 is 0 Å². The van der Waals surface area contributed by atoms with E-state index in [2.05, 4.69) is 47.6 Å².